The first kappa shape index (κ1) is 10.8. The second-order valence-electron chi connectivity index (χ2n) is 3.52. The summed E-state index contributed by atoms with van der Waals surface area (Å²) in [7, 11) is 0. The maximum absolute atomic E-state index is 11.1. The van der Waals surface area contributed by atoms with Gasteiger partial charge in [-0.15, -0.1) is 11.6 Å². The predicted octanol–water partition coefficient (Wildman–Crippen LogP) is 1.03. The first-order chi connectivity index (χ1) is 6.22. The molecule has 2 N–H and O–H groups in total. The first-order valence-electron chi connectivity index (χ1n) is 4.75. The fourth-order valence-electron chi connectivity index (χ4n) is 1.68. The van der Waals surface area contributed by atoms with Crippen LogP contribution in [-0.4, -0.2) is 29.0 Å². The Morgan fingerprint density at radius 1 is 1.54 bits per heavy atom. The van der Waals surface area contributed by atoms with E-state index in [0.717, 1.165) is 19.3 Å². The van der Waals surface area contributed by atoms with E-state index in [1.165, 1.54) is 0 Å². The lowest BCUT2D eigenvalue weighted by Gasteiger charge is -2.26. The van der Waals surface area contributed by atoms with Crippen molar-refractivity contribution >= 4 is 17.5 Å². The van der Waals surface area contributed by atoms with Crippen molar-refractivity contribution in [3.8, 4) is 0 Å². The Balaban J connectivity index is 2.23. The smallest absolute Gasteiger partial charge is 0.221 e. The van der Waals surface area contributed by atoms with E-state index >= 15 is 0 Å². The van der Waals surface area contributed by atoms with Gasteiger partial charge < -0.3 is 10.4 Å². The summed E-state index contributed by atoms with van der Waals surface area (Å²) in [6.45, 7) is 0. The van der Waals surface area contributed by atoms with Crippen LogP contribution in [0.5, 0.6) is 0 Å². The van der Waals surface area contributed by atoms with Crippen LogP contribution in [0.2, 0.25) is 0 Å². The van der Waals surface area contributed by atoms with E-state index in [9.17, 15) is 9.90 Å². The lowest BCUT2D eigenvalue weighted by atomic mass is 9.93. The Morgan fingerprint density at radius 3 is 2.92 bits per heavy atom. The molecule has 3 nitrogen and oxygen atoms in total. The zero-order valence-electron chi connectivity index (χ0n) is 7.63. The highest BCUT2D eigenvalue weighted by molar-refractivity contribution is 6.18. The lowest BCUT2D eigenvalue weighted by molar-refractivity contribution is -0.121. The summed E-state index contributed by atoms with van der Waals surface area (Å²) in [6, 6.07) is 0.152. The molecule has 0 aromatic rings. The van der Waals surface area contributed by atoms with E-state index in [4.69, 9.17) is 11.6 Å². The molecule has 1 aliphatic rings. The predicted molar refractivity (Wildman–Crippen MR) is 51.7 cm³/mol. The van der Waals surface area contributed by atoms with Crippen molar-refractivity contribution in [2.24, 2.45) is 0 Å². The number of alkyl halides is 1. The van der Waals surface area contributed by atoms with E-state index in [0.29, 0.717) is 18.7 Å². The van der Waals surface area contributed by atoms with Crippen LogP contribution in [0, 0.1) is 0 Å². The van der Waals surface area contributed by atoms with E-state index in [-0.39, 0.29) is 18.1 Å². The molecule has 1 rings (SSSR count). The minimum Gasteiger partial charge on any atom is -0.393 e. The number of carbonyl (C=O) groups is 1. The standard InChI is InChI=1S/C9H16ClNO2/c10-5-4-9(13)11-7-2-1-3-8(12)6-7/h7-8,12H,1-6H2,(H,11,13). The summed E-state index contributed by atoms with van der Waals surface area (Å²) in [5, 5.41) is 12.2. The van der Waals surface area contributed by atoms with E-state index in [2.05, 4.69) is 5.32 Å². The molecule has 0 aromatic heterocycles. The van der Waals surface area contributed by atoms with Crippen LogP contribution in [-0.2, 0) is 4.79 Å². The normalized spacial score (nSPS) is 28.5. The molecule has 0 spiro atoms. The van der Waals surface area contributed by atoms with Gasteiger partial charge in [-0.25, -0.2) is 0 Å². The van der Waals surface area contributed by atoms with Gasteiger partial charge in [-0.2, -0.15) is 0 Å². The first-order valence-corrected chi connectivity index (χ1v) is 5.29. The van der Waals surface area contributed by atoms with Gasteiger partial charge in [-0.3, -0.25) is 4.79 Å². The molecule has 0 radical (unpaired) electrons. The highest BCUT2D eigenvalue weighted by Crippen LogP contribution is 2.18. The van der Waals surface area contributed by atoms with E-state index in [1.54, 1.807) is 0 Å². The van der Waals surface area contributed by atoms with Crippen molar-refractivity contribution in [2.45, 2.75) is 44.2 Å². The Labute approximate surface area is 83.5 Å². The van der Waals surface area contributed by atoms with Crippen LogP contribution in [0.1, 0.15) is 32.1 Å². The van der Waals surface area contributed by atoms with Gasteiger partial charge in [0.1, 0.15) is 0 Å². The molecule has 0 saturated heterocycles. The van der Waals surface area contributed by atoms with Gasteiger partial charge in [0, 0.05) is 18.3 Å². The third-order valence-corrected chi connectivity index (χ3v) is 2.52. The Bertz CT molecular complexity index is 175. The minimum absolute atomic E-state index is 0.00546. The summed E-state index contributed by atoms with van der Waals surface area (Å²) >= 11 is 5.43. The molecule has 0 heterocycles. The van der Waals surface area contributed by atoms with Crippen LogP contribution >= 0.6 is 11.6 Å². The highest BCUT2D eigenvalue weighted by Gasteiger charge is 2.20. The minimum atomic E-state index is -0.241. The van der Waals surface area contributed by atoms with Crippen molar-refractivity contribution in [3.05, 3.63) is 0 Å². The summed E-state index contributed by atoms with van der Waals surface area (Å²) in [4.78, 5) is 11.1. The number of carbonyl (C=O) groups excluding carboxylic acids is 1. The number of nitrogens with one attached hydrogen (secondary N) is 1. The number of rotatable bonds is 3. The molecule has 76 valence electrons. The summed E-state index contributed by atoms with van der Waals surface area (Å²) in [6.07, 6.45) is 3.65. The van der Waals surface area contributed by atoms with Gasteiger partial charge in [0.15, 0.2) is 0 Å². The molecule has 2 unspecified atom stereocenters. The number of aliphatic hydroxyl groups is 1. The number of halogens is 1. The fourth-order valence-corrected chi connectivity index (χ4v) is 1.85. The molecular formula is C9H16ClNO2. The van der Waals surface area contributed by atoms with Crippen LogP contribution in [0.4, 0.5) is 0 Å². The third kappa shape index (κ3) is 3.96. The second-order valence-corrected chi connectivity index (χ2v) is 3.90. The number of aliphatic hydroxyl groups excluding tert-OH is 1. The zero-order chi connectivity index (χ0) is 9.68. The molecule has 13 heavy (non-hydrogen) atoms. The van der Waals surface area contributed by atoms with E-state index in [1.807, 2.05) is 0 Å². The summed E-state index contributed by atoms with van der Waals surface area (Å²) in [5.74, 6) is 0.357. The Kier molecular flexibility index (Phi) is 4.53. The van der Waals surface area contributed by atoms with Gasteiger partial charge in [0.05, 0.1) is 6.10 Å². The Morgan fingerprint density at radius 2 is 2.31 bits per heavy atom. The molecule has 0 bridgehead atoms. The fraction of sp³-hybridized carbons (Fsp3) is 0.889. The molecule has 0 aromatic carbocycles. The summed E-state index contributed by atoms with van der Waals surface area (Å²) < 4.78 is 0. The molecule has 1 fully saturated rings. The van der Waals surface area contributed by atoms with Gasteiger partial charge in [-0.05, 0) is 25.7 Å². The van der Waals surface area contributed by atoms with Crippen molar-refractivity contribution in [3.63, 3.8) is 0 Å². The number of amides is 1. The van der Waals surface area contributed by atoms with Crippen molar-refractivity contribution < 1.29 is 9.90 Å². The van der Waals surface area contributed by atoms with Crippen LogP contribution in [0.15, 0.2) is 0 Å². The van der Waals surface area contributed by atoms with Gasteiger partial charge in [0.2, 0.25) is 5.91 Å². The maximum atomic E-state index is 11.1. The maximum Gasteiger partial charge on any atom is 0.221 e. The monoisotopic (exact) mass is 205 g/mol. The number of hydrogen-bond donors (Lipinski definition) is 2. The van der Waals surface area contributed by atoms with Gasteiger partial charge in [-0.1, -0.05) is 0 Å². The van der Waals surface area contributed by atoms with Crippen LogP contribution < -0.4 is 5.32 Å². The number of hydrogen-bond acceptors (Lipinski definition) is 2. The zero-order valence-corrected chi connectivity index (χ0v) is 8.39. The average molecular weight is 206 g/mol. The largest absolute Gasteiger partial charge is 0.393 e. The SMILES string of the molecule is O=C(CCCl)NC1CCCC(O)C1. The molecule has 1 aliphatic carbocycles. The van der Waals surface area contributed by atoms with Crippen LogP contribution in [0.25, 0.3) is 0 Å². The molecule has 4 heteroatoms. The van der Waals surface area contributed by atoms with Gasteiger partial charge >= 0.3 is 0 Å². The average Bonchev–Trinajstić information content (AvgIpc) is 2.04. The topological polar surface area (TPSA) is 49.3 Å². The van der Waals surface area contributed by atoms with Gasteiger partial charge in [0.25, 0.3) is 0 Å². The van der Waals surface area contributed by atoms with Crippen molar-refractivity contribution in [2.75, 3.05) is 5.88 Å². The molecule has 0 aliphatic heterocycles. The Hall–Kier alpha value is -0.280. The second kappa shape index (κ2) is 5.45. The molecular weight excluding hydrogens is 190 g/mol. The lowest BCUT2D eigenvalue weighted by Crippen LogP contribution is -2.39. The molecule has 2 atom stereocenters. The molecule has 1 amide bonds. The highest BCUT2D eigenvalue weighted by atomic mass is 35.5. The quantitative estimate of drug-likeness (QED) is 0.677. The van der Waals surface area contributed by atoms with Crippen molar-refractivity contribution in [1.29, 1.82) is 0 Å². The van der Waals surface area contributed by atoms with Crippen LogP contribution in [0.3, 0.4) is 0 Å². The third-order valence-electron chi connectivity index (χ3n) is 2.33. The summed E-state index contributed by atoms with van der Waals surface area (Å²) in [5.41, 5.74) is 0. The van der Waals surface area contributed by atoms with Crippen molar-refractivity contribution in [1.82, 2.24) is 5.32 Å². The molecule has 1 saturated carbocycles. The van der Waals surface area contributed by atoms with E-state index < -0.39 is 0 Å².